The summed E-state index contributed by atoms with van der Waals surface area (Å²) in [6.07, 6.45) is -2.55. The molecule has 0 atom stereocenters. The first-order valence-electron chi connectivity index (χ1n) is 10.1. The zero-order chi connectivity index (χ0) is 23.1. The maximum Gasteiger partial charge on any atom is 0.416 e. The number of halogens is 3. The van der Waals surface area contributed by atoms with Gasteiger partial charge in [-0.2, -0.15) is 17.5 Å². The Hall–Kier alpha value is -2.84. The van der Waals surface area contributed by atoms with Crippen molar-refractivity contribution in [1.82, 2.24) is 4.31 Å². The quantitative estimate of drug-likeness (QED) is 0.540. The van der Waals surface area contributed by atoms with Gasteiger partial charge in [0.05, 0.1) is 11.8 Å². The summed E-state index contributed by atoms with van der Waals surface area (Å²) in [5.74, 6) is 0. The molecule has 0 aliphatic carbocycles. The zero-order valence-electron chi connectivity index (χ0n) is 17.7. The predicted octanol–water partition coefficient (Wildman–Crippen LogP) is 5.74. The molecule has 1 heterocycles. The summed E-state index contributed by atoms with van der Waals surface area (Å²) in [6, 6.07) is 16.7. The fourth-order valence-electron chi connectivity index (χ4n) is 3.99. The van der Waals surface area contributed by atoms with Crippen LogP contribution in [0.3, 0.4) is 0 Å². The van der Waals surface area contributed by atoms with E-state index in [1.807, 2.05) is 43.3 Å². The van der Waals surface area contributed by atoms with Gasteiger partial charge in [-0.15, -0.1) is 0 Å². The highest BCUT2D eigenvalue weighted by Gasteiger charge is 2.30. The molecule has 3 aromatic carbocycles. The third-order valence-corrected chi connectivity index (χ3v) is 6.99. The molecule has 0 aromatic heterocycles. The number of hydrogen-bond acceptors (Lipinski definition) is 3. The van der Waals surface area contributed by atoms with Crippen LogP contribution in [0.15, 0.2) is 60.7 Å². The van der Waals surface area contributed by atoms with Crippen LogP contribution in [0.4, 0.5) is 24.5 Å². The summed E-state index contributed by atoms with van der Waals surface area (Å²) < 4.78 is 63.9. The van der Waals surface area contributed by atoms with Gasteiger partial charge in [-0.25, -0.2) is 8.42 Å². The van der Waals surface area contributed by atoms with Crippen LogP contribution in [-0.2, 0) is 29.2 Å². The van der Waals surface area contributed by atoms with Gasteiger partial charge in [0.25, 0.3) is 0 Å². The Morgan fingerprint density at radius 1 is 1.00 bits per heavy atom. The van der Waals surface area contributed by atoms with E-state index in [-0.39, 0.29) is 0 Å². The van der Waals surface area contributed by atoms with Gasteiger partial charge < -0.3 is 5.32 Å². The predicted molar refractivity (Wildman–Crippen MR) is 120 cm³/mol. The van der Waals surface area contributed by atoms with Crippen molar-refractivity contribution in [2.75, 3.05) is 18.1 Å². The van der Waals surface area contributed by atoms with E-state index in [4.69, 9.17) is 0 Å². The summed E-state index contributed by atoms with van der Waals surface area (Å²) >= 11 is 0. The van der Waals surface area contributed by atoms with E-state index >= 15 is 0 Å². The van der Waals surface area contributed by atoms with Crippen LogP contribution in [0.1, 0.15) is 22.3 Å². The highest BCUT2D eigenvalue weighted by atomic mass is 32.2. The second-order valence-electron chi connectivity index (χ2n) is 8.02. The van der Waals surface area contributed by atoms with Crippen molar-refractivity contribution >= 4 is 21.4 Å². The minimum atomic E-state index is -4.37. The Morgan fingerprint density at radius 2 is 1.72 bits per heavy atom. The normalized spacial score (nSPS) is 14.8. The third-order valence-electron chi connectivity index (χ3n) is 5.74. The van der Waals surface area contributed by atoms with E-state index in [2.05, 4.69) is 5.32 Å². The first-order valence-corrected chi connectivity index (χ1v) is 12.0. The second kappa shape index (κ2) is 8.26. The van der Waals surface area contributed by atoms with Crippen molar-refractivity contribution in [2.45, 2.75) is 26.1 Å². The van der Waals surface area contributed by atoms with Crippen LogP contribution in [0.25, 0.3) is 11.1 Å². The van der Waals surface area contributed by atoms with Gasteiger partial charge in [0.15, 0.2) is 0 Å². The molecule has 0 amide bonds. The molecule has 3 aromatic rings. The maximum absolute atomic E-state index is 12.9. The van der Waals surface area contributed by atoms with Crippen LogP contribution in [0.5, 0.6) is 0 Å². The number of alkyl halides is 3. The second-order valence-corrected chi connectivity index (χ2v) is 10.0. The first-order chi connectivity index (χ1) is 15.0. The number of nitrogens with one attached hydrogen (secondary N) is 1. The average Bonchev–Trinajstić information content (AvgIpc) is 2.74. The molecule has 0 spiro atoms. The average molecular weight is 461 g/mol. The Labute approximate surface area is 185 Å². The van der Waals surface area contributed by atoms with Gasteiger partial charge in [0.2, 0.25) is 10.0 Å². The van der Waals surface area contributed by atoms with E-state index in [0.29, 0.717) is 25.1 Å². The van der Waals surface area contributed by atoms with Crippen LogP contribution >= 0.6 is 0 Å². The molecule has 0 radical (unpaired) electrons. The summed E-state index contributed by atoms with van der Waals surface area (Å²) in [5, 5.41) is 3.41. The Balaban J connectivity index is 1.62. The number of sulfonamides is 1. The smallest absolute Gasteiger partial charge is 0.355 e. The SMILES string of the molecule is Cc1ccc(Nc2cccc3c2CCN(S(C)(=O)=O)C3)cc1-c1ccc(C(F)(F)F)cc1. The van der Waals surface area contributed by atoms with Crippen LogP contribution in [0, 0.1) is 6.92 Å². The van der Waals surface area contributed by atoms with Gasteiger partial charge in [-0.3, -0.25) is 0 Å². The molecular weight excluding hydrogens is 437 g/mol. The number of nitrogens with zero attached hydrogens (tertiary/aromatic N) is 1. The van der Waals surface area contributed by atoms with Gasteiger partial charge in [0, 0.05) is 24.5 Å². The minimum absolute atomic E-state index is 0.342. The fraction of sp³-hybridized carbons (Fsp3) is 0.250. The maximum atomic E-state index is 12.9. The summed E-state index contributed by atoms with van der Waals surface area (Å²) in [7, 11) is -3.25. The van der Waals surface area contributed by atoms with Crippen LogP contribution in [0.2, 0.25) is 0 Å². The zero-order valence-corrected chi connectivity index (χ0v) is 18.5. The van der Waals surface area contributed by atoms with Crippen LogP contribution < -0.4 is 5.32 Å². The van der Waals surface area contributed by atoms with Crippen molar-refractivity contribution in [1.29, 1.82) is 0 Å². The monoisotopic (exact) mass is 460 g/mol. The Morgan fingerprint density at radius 3 is 2.38 bits per heavy atom. The lowest BCUT2D eigenvalue weighted by Gasteiger charge is -2.28. The molecule has 0 bridgehead atoms. The molecule has 1 aliphatic rings. The van der Waals surface area contributed by atoms with Crippen LogP contribution in [-0.4, -0.2) is 25.5 Å². The van der Waals surface area contributed by atoms with Crippen molar-refractivity contribution in [2.24, 2.45) is 0 Å². The lowest BCUT2D eigenvalue weighted by molar-refractivity contribution is -0.137. The number of benzene rings is 3. The van der Waals surface area contributed by atoms with E-state index in [1.54, 1.807) is 0 Å². The highest BCUT2D eigenvalue weighted by molar-refractivity contribution is 7.88. The molecule has 8 heteroatoms. The van der Waals surface area contributed by atoms with Crippen molar-refractivity contribution in [3.8, 4) is 11.1 Å². The molecule has 0 saturated carbocycles. The molecule has 4 rings (SSSR count). The number of fused-ring (bicyclic) bond motifs is 1. The van der Waals surface area contributed by atoms with E-state index in [1.165, 1.54) is 22.7 Å². The third kappa shape index (κ3) is 4.66. The molecule has 0 unspecified atom stereocenters. The van der Waals surface area contributed by atoms with Crippen molar-refractivity contribution < 1.29 is 21.6 Å². The lowest BCUT2D eigenvalue weighted by Crippen LogP contribution is -2.35. The molecule has 32 heavy (non-hydrogen) atoms. The van der Waals surface area contributed by atoms with Gasteiger partial charge in [-0.05, 0) is 71.5 Å². The van der Waals surface area contributed by atoms with E-state index in [9.17, 15) is 21.6 Å². The first kappa shape index (κ1) is 22.4. The standard InChI is InChI=1S/C24H23F3N2O2S/c1-16-6-11-20(14-22(16)17-7-9-19(10-8-17)24(25,26)27)28-23-5-3-4-18-15-29(32(2,30)31)13-12-21(18)23/h3-11,14,28H,12-13,15H2,1-2H3. The van der Waals surface area contributed by atoms with Gasteiger partial charge >= 0.3 is 6.18 Å². The largest absolute Gasteiger partial charge is 0.416 e. The summed E-state index contributed by atoms with van der Waals surface area (Å²) in [4.78, 5) is 0. The molecular formula is C24H23F3N2O2S. The number of anilines is 2. The van der Waals surface area contributed by atoms with Gasteiger partial charge in [0.1, 0.15) is 0 Å². The molecule has 168 valence electrons. The van der Waals surface area contributed by atoms with Gasteiger partial charge in [-0.1, -0.05) is 30.3 Å². The van der Waals surface area contributed by atoms with E-state index in [0.717, 1.165) is 45.8 Å². The van der Waals surface area contributed by atoms with Crippen molar-refractivity contribution in [3.63, 3.8) is 0 Å². The summed E-state index contributed by atoms with van der Waals surface area (Å²) in [5.41, 5.74) is 5.57. The highest BCUT2D eigenvalue weighted by Crippen LogP contribution is 2.34. The Bertz CT molecular complexity index is 1250. The fourth-order valence-corrected chi connectivity index (χ4v) is 4.79. The number of rotatable bonds is 4. The number of hydrogen-bond donors (Lipinski definition) is 1. The molecule has 0 fully saturated rings. The molecule has 0 saturated heterocycles. The van der Waals surface area contributed by atoms with E-state index < -0.39 is 21.8 Å². The summed E-state index contributed by atoms with van der Waals surface area (Å²) in [6.45, 7) is 2.69. The molecule has 4 nitrogen and oxygen atoms in total. The topological polar surface area (TPSA) is 49.4 Å². The number of aryl methyl sites for hydroxylation is 1. The Kier molecular flexibility index (Phi) is 5.77. The molecule has 1 N–H and O–H groups in total. The molecule has 1 aliphatic heterocycles. The minimum Gasteiger partial charge on any atom is -0.355 e. The lowest BCUT2D eigenvalue weighted by atomic mass is 9.97. The van der Waals surface area contributed by atoms with Crippen molar-refractivity contribution in [3.05, 3.63) is 82.9 Å².